The number of carboxylic acids is 4. The third-order valence-electron chi connectivity index (χ3n) is 16.2. The van der Waals surface area contributed by atoms with Crippen molar-refractivity contribution >= 4 is 47.0 Å². The summed E-state index contributed by atoms with van der Waals surface area (Å²) < 4.78 is 0. The van der Waals surface area contributed by atoms with E-state index in [-0.39, 0.29) is 92.3 Å². The fraction of sp³-hybridized carbons (Fsp3) is 0.323. The van der Waals surface area contributed by atoms with E-state index in [9.17, 15) is 58.8 Å². The Hall–Kier alpha value is -8.12. The van der Waals surface area contributed by atoms with E-state index in [0.717, 1.165) is 73.6 Å². The summed E-state index contributed by atoms with van der Waals surface area (Å²) in [6.45, 7) is 7.78. The predicted molar refractivity (Wildman–Crippen MR) is 293 cm³/mol. The van der Waals surface area contributed by atoms with Crippen molar-refractivity contribution in [2.75, 3.05) is 0 Å². The van der Waals surface area contributed by atoms with E-state index in [1.807, 2.05) is 54.6 Å². The first-order chi connectivity index (χ1) is 36.9. The van der Waals surface area contributed by atoms with Crippen molar-refractivity contribution in [3.8, 4) is 22.3 Å². The van der Waals surface area contributed by atoms with Crippen LogP contribution < -0.4 is 0 Å². The molecule has 0 radical (unpaired) electrons. The minimum atomic E-state index is -1.22. The van der Waals surface area contributed by atoms with Crippen molar-refractivity contribution < 1.29 is 58.8 Å². The van der Waals surface area contributed by atoms with E-state index < -0.39 is 29.3 Å². The molecule has 3 aliphatic rings. The van der Waals surface area contributed by atoms with E-state index in [0.29, 0.717) is 46.9 Å². The molecule has 0 amide bonds. The smallest absolute Gasteiger partial charge is 0.336 e. The lowest BCUT2D eigenvalue weighted by Crippen LogP contribution is -2.30. The van der Waals surface area contributed by atoms with Crippen LogP contribution in [0.4, 0.5) is 0 Å². The van der Waals surface area contributed by atoms with E-state index in [2.05, 4.69) is 13.8 Å². The van der Waals surface area contributed by atoms with Crippen LogP contribution in [0.25, 0.3) is 22.3 Å². The number of hydrogen-bond acceptors (Lipinski definition) is 8. The average Bonchev–Trinajstić information content (AvgIpc) is 3.74. The second-order valence-corrected chi connectivity index (χ2v) is 21.2. The first-order valence-electron chi connectivity index (χ1n) is 26.7. The van der Waals surface area contributed by atoms with Crippen molar-refractivity contribution in [1.29, 1.82) is 0 Å². The predicted octanol–water partition coefficient (Wildman–Crippen LogP) is 14.2. The number of aromatic carboxylic acids is 4. The molecule has 4 N–H and O–H groups in total. The van der Waals surface area contributed by atoms with Crippen LogP contribution in [0.3, 0.4) is 0 Å². The zero-order chi connectivity index (χ0) is 55.3. The van der Waals surface area contributed by atoms with Gasteiger partial charge in [0.05, 0.1) is 27.7 Å². The monoisotopic (exact) mass is 1040 g/mol. The highest BCUT2D eigenvalue weighted by atomic mass is 16.4. The molecule has 3 aliphatic carbocycles. The third-order valence-corrected chi connectivity index (χ3v) is 16.2. The first-order valence-corrected chi connectivity index (χ1v) is 26.7. The molecule has 0 atom stereocenters. The molecule has 0 heterocycles. The molecule has 2 saturated carbocycles. The number of rotatable bonds is 17. The van der Waals surface area contributed by atoms with Gasteiger partial charge in [-0.1, -0.05) is 138 Å². The van der Waals surface area contributed by atoms with Gasteiger partial charge in [-0.25, -0.2) is 19.2 Å². The normalized spacial score (nSPS) is 18.1. The second-order valence-electron chi connectivity index (χ2n) is 21.2. The van der Waals surface area contributed by atoms with Gasteiger partial charge >= 0.3 is 23.9 Å². The SMILES string of the molecule is CCC(=O)c1ccc(-c2ccc(C(=O)O)c(C(=O)CC3CCC(C)CC3)c2)cc1C(=O)O.CCC(=O)c1ccc(C2(c3ccc(C(=O)CC4CCC(C)CC4)c(C(=O)O)c3)c3ccccc3-c3ccccc32)cc1C(=O)O. The molecule has 9 rings (SSSR count). The van der Waals surface area contributed by atoms with Gasteiger partial charge in [-0.05, 0) is 130 Å². The molecule has 0 unspecified atom stereocenters. The number of ketones is 4. The van der Waals surface area contributed by atoms with Gasteiger partial charge < -0.3 is 20.4 Å². The maximum absolute atomic E-state index is 13.6. The molecule has 0 aliphatic heterocycles. The summed E-state index contributed by atoms with van der Waals surface area (Å²) in [5.74, 6) is -3.92. The zero-order valence-electron chi connectivity index (χ0n) is 43.9. The first kappa shape index (κ1) is 55.1. The second kappa shape index (κ2) is 23.4. The molecular formula is C65H64O12. The molecule has 2 fully saturated rings. The molecule has 12 nitrogen and oxygen atoms in total. The molecular weight excluding hydrogens is 973 g/mol. The fourth-order valence-corrected chi connectivity index (χ4v) is 11.9. The topological polar surface area (TPSA) is 217 Å². The van der Waals surface area contributed by atoms with Crippen LogP contribution in [0.5, 0.6) is 0 Å². The fourth-order valence-electron chi connectivity index (χ4n) is 11.9. The largest absolute Gasteiger partial charge is 0.478 e. The Kier molecular flexibility index (Phi) is 16.8. The number of Topliss-reactive ketones (excluding diaryl/α,β-unsaturated/α-hetero) is 4. The maximum Gasteiger partial charge on any atom is 0.336 e. The standard InChI is InChI=1S/C39H36O6.C26H28O6/c1-3-35(40)29-18-16-25(21-31(29)37(42)43)39(33-10-6-4-8-27(33)28-9-5-7-11-34(28)39)26-17-19-30(32(22-26)38(44)45)36(41)20-24-14-12-23(2)13-15-24;1-3-23(27)19-10-8-18(14-22(19)26(31)32)17-9-11-20(25(29)30)21(13-17)24(28)12-16-6-4-15(2)5-7-16/h4-11,16-19,21-24H,3,12-15,20H2,1-2H3,(H,42,43)(H,44,45);8-11,13-16H,3-7,12H2,1-2H3,(H,29,30)(H,31,32). The van der Waals surface area contributed by atoms with Gasteiger partial charge in [0.1, 0.15) is 0 Å². The third kappa shape index (κ3) is 11.2. The summed E-state index contributed by atoms with van der Waals surface area (Å²) in [5, 5.41) is 39.8. The van der Waals surface area contributed by atoms with Crippen LogP contribution in [0.1, 0.15) is 210 Å². The lowest BCUT2D eigenvalue weighted by atomic mass is 9.66. The van der Waals surface area contributed by atoms with Gasteiger partial charge in [-0.15, -0.1) is 0 Å². The van der Waals surface area contributed by atoms with Crippen LogP contribution in [-0.2, 0) is 5.41 Å². The molecule has 0 saturated heterocycles. The van der Waals surface area contributed by atoms with Gasteiger partial charge in [-0.3, -0.25) is 19.2 Å². The van der Waals surface area contributed by atoms with Crippen molar-refractivity contribution in [1.82, 2.24) is 0 Å². The number of carboxylic acid groups (broad SMARTS) is 4. The number of carbonyl (C=O) groups excluding carboxylic acids is 4. The van der Waals surface area contributed by atoms with Crippen molar-refractivity contribution in [2.24, 2.45) is 23.7 Å². The van der Waals surface area contributed by atoms with E-state index in [4.69, 9.17) is 0 Å². The summed E-state index contributed by atoms with van der Waals surface area (Å²) in [6.07, 6.45) is 9.12. The molecule has 0 spiro atoms. The molecule has 396 valence electrons. The summed E-state index contributed by atoms with van der Waals surface area (Å²) in [7, 11) is 0. The Morgan fingerprint density at radius 1 is 0.390 bits per heavy atom. The van der Waals surface area contributed by atoms with Gasteiger partial charge in [0.25, 0.3) is 0 Å². The molecule has 12 heteroatoms. The minimum Gasteiger partial charge on any atom is -0.478 e. The Morgan fingerprint density at radius 2 is 0.727 bits per heavy atom. The van der Waals surface area contributed by atoms with Crippen molar-refractivity contribution in [3.63, 3.8) is 0 Å². The van der Waals surface area contributed by atoms with E-state index in [1.165, 1.54) is 24.3 Å². The van der Waals surface area contributed by atoms with Gasteiger partial charge in [-0.2, -0.15) is 0 Å². The summed E-state index contributed by atoms with van der Waals surface area (Å²) in [4.78, 5) is 100. The van der Waals surface area contributed by atoms with E-state index in [1.54, 1.807) is 56.3 Å². The maximum atomic E-state index is 13.6. The summed E-state index contributed by atoms with van der Waals surface area (Å²) in [5.41, 5.74) is 5.01. The Morgan fingerprint density at radius 3 is 1.13 bits per heavy atom. The van der Waals surface area contributed by atoms with Gasteiger partial charge in [0.15, 0.2) is 23.1 Å². The quantitative estimate of drug-likeness (QED) is 0.0626. The Labute approximate surface area is 448 Å². The highest BCUT2D eigenvalue weighted by Gasteiger charge is 2.47. The van der Waals surface area contributed by atoms with Crippen LogP contribution in [-0.4, -0.2) is 67.4 Å². The van der Waals surface area contributed by atoms with Crippen LogP contribution in [0.2, 0.25) is 0 Å². The molecule has 77 heavy (non-hydrogen) atoms. The highest BCUT2D eigenvalue weighted by Crippen LogP contribution is 2.56. The van der Waals surface area contributed by atoms with Crippen molar-refractivity contribution in [2.45, 2.75) is 110 Å². The van der Waals surface area contributed by atoms with Gasteiger partial charge in [0.2, 0.25) is 0 Å². The summed E-state index contributed by atoms with van der Waals surface area (Å²) >= 11 is 0. The van der Waals surface area contributed by atoms with Crippen LogP contribution >= 0.6 is 0 Å². The minimum absolute atomic E-state index is 0.0563. The Bertz CT molecular complexity index is 3280. The van der Waals surface area contributed by atoms with E-state index >= 15 is 0 Å². The molecule has 6 aromatic carbocycles. The lowest BCUT2D eigenvalue weighted by molar-refractivity contribution is 0.0682. The number of fused-ring (bicyclic) bond motifs is 3. The molecule has 0 aromatic heterocycles. The van der Waals surface area contributed by atoms with Crippen LogP contribution in [0.15, 0.2) is 121 Å². The van der Waals surface area contributed by atoms with Crippen molar-refractivity contribution in [3.05, 3.63) is 188 Å². The lowest BCUT2D eigenvalue weighted by Gasteiger charge is -2.34. The number of carbonyl (C=O) groups is 8. The molecule has 6 aromatic rings. The number of benzene rings is 6. The number of hydrogen-bond donors (Lipinski definition) is 4. The van der Waals surface area contributed by atoms with Crippen LogP contribution in [0, 0.1) is 23.7 Å². The van der Waals surface area contributed by atoms with Gasteiger partial charge in [0, 0.05) is 47.9 Å². The zero-order valence-corrected chi connectivity index (χ0v) is 43.9. The average molecular weight is 1040 g/mol. The summed E-state index contributed by atoms with van der Waals surface area (Å²) in [6, 6.07) is 34.6. The highest BCUT2D eigenvalue weighted by molar-refractivity contribution is 6.09. The Balaban J connectivity index is 0.000000216. The molecule has 0 bridgehead atoms.